The minimum Gasteiger partial charge on any atom is -0.506 e. The molecule has 2 aromatic carbocycles. The minimum atomic E-state index is -1.16. The maximum absolute atomic E-state index is 13.8. The van der Waals surface area contributed by atoms with E-state index in [0.29, 0.717) is 41.6 Å². The summed E-state index contributed by atoms with van der Waals surface area (Å²) in [5.74, 6) is -0.0601. The van der Waals surface area contributed by atoms with Crippen molar-refractivity contribution in [3.8, 4) is 5.75 Å². The van der Waals surface area contributed by atoms with Crippen molar-refractivity contribution in [1.82, 2.24) is 30.2 Å². The highest BCUT2D eigenvalue weighted by molar-refractivity contribution is 7.83. The average Bonchev–Trinajstić information content (AvgIpc) is 3.83. The Bertz CT molecular complexity index is 2230. The number of phenolic OH excluding ortho intramolecular Hbond substituents is 1. The van der Waals surface area contributed by atoms with Gasteiger partial charge in [0.1, 0.15) is 17.4 Å². The molecule has 0 spiro atoms. The van der Waals surface area contributed by atoms with Crippen molar-refractivity contribution in [1.29, 1.82) is 0 Å². The molecule has 276 valence electrons. The van der Waals surface area contributed by atoms with Crippen molar-refractivity contribution in [2.75, 3.05) is 26.2 Å². The molecule has 4 unspecified atom stereocenters. The molecule has 0 amide bonds. The Morgan fingerprint density at radius 3 is 2.89 bits per heavy atom. The van der Waals surface area contributed by atoms with Gasteiger partial charge in [0.15, 0.2) is 0 Å². The van der Waals surface area contributed by atoms with Gasteiger partial charge in [-0.15, -0.1) is 16.4 Å². The number of aliphatic hydroxyl groups excluding tert-OH is 1. The fraction of sp³-hybridized carbons (Fsp3) is 0.385. The molecule has 2 bridgehead atoms. The first kappa shape index (κ1) is 35.7. The second-order valence-corrected chi connectivity index (χ2v) is 15.3. The molecule has 53 heavy (non-hydrogen) atoms. The van der Waals surface area contributed by atoms with Gasteiger partial charge >= 0.3 is 5.97 Å². The molecule has 12 nitrogen and oxygen atoms in total. The van der Waals surface area contributed by atoms with Gasteiger partial charge in [0.2, 0.25) is 11.2 Å². The van der Waals surface area contributed by atoms with Crippen LogP contribution >= 0.6 is 24.0 Å². The number of aryl methyl sites for hydroxylation is 1. The molecule has 3 aliphatic heterocycles. The number of ether oxygens (including phenoxy) is 2. The number of rotatable bonds is 13. The number of phenols is 1. The van der Waals surface area contributed by atoms with Gasteiger partial charge < -0.3 is 30.0 Å². The number of aliphatic hydroxyl groups is 1. The number of piperidine rings is 2. The minimum absolute atomic E-state index is 0.0384. The maximum atomic E-state index is 13.8. The Morgan fingerprint density at radius 2 is 2.11 bits per heavy atom. The van der Waals surface area contributed by atoms with Gasteiger partial charge in [0, 0.05) is 68.1 Å². The quantitative estimate of drug-likeness (QED) is 0.0825. The molecule has 6 heterocycles. The van der Waals surface area contributed by atoms with Crippen molar-refractivity contribution in [3.05, 3.63) is 109 Å². The van der Waals surface area contributed by atoms with E-state index in [1.54, 1.807) is 17.5 Å². The number of thiophene rings is 1. The Balaban J connectivity index is 0.829. The van der Waals surface area contributed by atoms with Gasteiger partial charge in [0.25, 0.3) is 0 Å². The summed E-state index contributed by atoms with van der Waals surface area (Å²) >= 11 is 5.68. The first-order valence-corrected chi connectivity index (χ1v) is 19.4. The number of esters is 1. The van der Waals surface area contributed by atoms with Crippen molar-refractivity contribution in [3.63, 3.8) is 0 Å². The molecule has 4 aliphatic rings. The third-order valence-corrected chi connectivity index (χ3v) is 12.0. The summed E-state index contributed by atoms with van der Waals surface area (Å²) in [5.41, 5.74) is 3.15. The highest BCUT2D eigenvalue weighted by Gasteiger charge is 2.55. The molecular weight excluding hydrogens is 713 g/mol. The lowest BCUT2D eigenvalue weighted by Gasteiger charge is -2.50. The topological polar surface area (TPSA) is 155 Å². The Hall–Kier alpha value is -4.31. The van der Waals surface area contributed by atoms with E-state index in [4.69, 9.17) is 9.47 Å². The summed E-state index contributed by atoms with van der Waals surface area (Å²) < 4.78 is 14.3. The maximum Gasteiger partial charge on any atom is 0.348 e. The third kappa shape index (κ3) is 6.95. The van der Waals surface area contributed by atoms with E-state index in [1.807, 2.05) is 52.5 Å². The van der Waals surface area contributed by atoms with Gasteiger partial charge in [0.05, 0.1) is 28.6 Å². The summed E-state index contributed by atoms with van der Waals surface area (Å²) in [6, 6.07) is 16.5. The number of aromatic hydroxyl groups is 1. The van der Waals surface area contributed by atoms with E-state index in [1.165, 1.54) is 23.5 Å². The fourth-order valence-corrected chi connectivity index (χ4v) is 9.14. The van der Waals surface area contributed by atoms with Crippen LogP contribution in [0.5, 0.6) is 5.75 Å². The standard InChI is InChI=1S/C39H42N6O6S2/c46-32-12-9-28(29-10-13-36(48)41-37(29)32)33(47)21-40-20-24-6-11-31-30(18-24)42-43-45(31)15-3-14-44-22-25-7-8-27(44)19-34(25)51-38(49)39(35-5-2-17-53-35)26(23-50-39)4-1-16-52/h1-2,4-6,9-13,16-18,25,27,33-34,40,46-47,52H,3,7-8,14-15,19-23H2,(H,41,48)/b16-1-,26-4+/t25?,27?,33-,34?,39?/m0/s1. The molecule has 14 heteroatoms. The van der Waals surface area contributed by atoms with E-state index in [-0.39, 0.29) is 29.9 Å². The van der Waals surface area contributed by atoms with E-state index < -0.39 is 11.7 Å². The SMILES string of the molecule is O=C(OC1CC2CCC1CN2CCCn1nnc2cc(CNC[C@H](O)c3ccc(O)c4[nH]c(=O)ccc34)ccc21)C1(c2cccs2)OC/C1=C\C=C/S. The van der Waals surface area contributed by atoms with Gasteiger partial charge in [-0.3, -0.25) is 9.69 Å². The number of thiol groups is 1. The largest absolute Gasteiger partial charge is 0.506 e. The van der Waals surface area contributed by atoms with Crippen LogP contribution in [-0.4, -0.2) is 79.4 Å². The lowest BCUT2D eigenvalue weighted by atomic mass is 9.77. The number of carbonyl (C=O) groups excluding carboxylic acids is 1. The lowest BCUT2D eigenvalue weighted by Crippen LogP contribution is -2.58. The summed E-state index contributed by atoms with van der Waals surface area (Å²) in [4.78, 5) is 31.5. The molecule has 0 radical (unpaired) electrons. The number of benzene rings is 2. The van der Waals surface area contributed by atoms with Crippen LogP contribution in [0.1, 0.15) is 47.8 Å². The van der Waals surface area contributed by atoms with Crippen LogP contribution in [0.2, 0.25) is 0 Å². The number of pyridine rings is 1. The fourth-order valence-electron chi connectivity index (χ4n) is 8.15. The Labute approximate surface area is 315 Å². The highest BCUT2D eigenvalue weighted by Crippen LogP contribution is 2.47. The number of nitrogens with zero attached hydrogens (tertiary/aromatic N) is 4. The van der Waals surface area contributed by atoms with Crippen molar-refractivity contribution in [2.45, 2.75) is 62.6 Å². The van der Waals surface area contributed by atoms with Gasteiger partial charge in [-0.2, -0.15) is 12.6 Å². The van der Waals surface area contributed by atoms with Crippen molar-refractivity contribution in [2.24, 2.45) is 5.92 Å². The summed E-state index contributed by atoms with van der Waals surface area (Å²) in [6.07, 6.45) is 6.68. The Morgan fingerprint density at radius 1 is 1.21 bits per heavy atom. The monoisotopic (exact) mass is 754 g/mol. The zero-order valence-electron chi connectivity index (χ0n) is 29.1. The third-order valence-electron chi connectivity index (χ3n) is 10.9. The summed E-state index contributed by atoms with van der Waals surface area (Å²) in [5, 5.41) is 37.4. The number of nitrogens with one attached hydrogen (secondary N) is 2. The number of hydrogen-bond acceptors (Lipinski definition) is 12. The average molecular weight is 755 g/mol. The normalized spacial score (nSPS) is 24.3. The van der Waals surface area contributed by atoms with Crippen LogP contribution in [0.15, 0.2) is 87.9 Å². The van der Waals surface area contributed by atoms with E-state index in [2.05, 4.69) is 38.1 Å². The predicted octanol–water partition coefficient (Wildman–Crippen LogP) is 4.94. The Kier molecular flexibility index (Phi) is 10.2. The number of aromatic amines is 1. The first-order chi connectivity index (χ1) is 25.8. The lowest BCUT2D eigenvalue weighted by molar-refractivity contribution is -0.196. The van der Waals surface area contributed by atoms with Crippen LogP contribution in [0.4, 0.5) is 0 Å². The molecule has 3 aromatic heterocycles. The molecule has 4 N–H and O–H groups in total. The summed E-state index contributed by atoms with van der Waals surface area (Å²) in [6.45, 7) is 3.79. The number of fused-ring (bicyclic) bond motifs is 5. The van der Waals surface area contributed by atoms with E-state index >= 15 is 0 Å². The van der Waals surface area contributed by atoms with Crippen LogP contribution in [0.25, 0.3) is 21.9 Å². The number of aromatic nitrogens is 4. The summed E-state index contributed by atoms with van der Waals surface area (Å²) in [7, 11) is 0. The first-order valence-electron chi connectivity index (χ1n) is 18.0. The zero-order chi connectivity index (χ0) is 36.5. The smallest absolute Gasteiger partial charge is 0.348 e. The van der Waals surface area contributed by atoms with E-state index in [0.717, 1.165) is 72.4 Å². The van der Waals surface area contributed by atoms with Crippen molar-refractivity contribution >= 4 is 51.9 Å². The molecule has 5 aromatic rings. The molecule has 3 saturated heterocycles. The van der Waals surface area contributed by atoms with Gasteiger partial charge in [-0.25, -0.2) is 9.48 Å². The van der Waals surface area contributed by atoms with Crippen LogP contribution in [0.3, 0.4) is 0 Å². The number of carbonyl (C=O) groups is 1. The number of hydrogen-bond donors (Lipinski definition) is 5. The molecular formula is C39H42N6O6S2. The van der Waals surface area contributed by atoms with Crippen LogP contribution in [-0.2, 0) is 33.0 Å². The second kappa shape index (κ2) is 15.2. The second-order valence-electron chi connectivity index (χ2n) is 14.1. The molecule has 5 atom stereocenters. The number of H-pyrrole nitrogens is 1. The van der Waals surface area contributed by atoms with Gasteiger partial charge in [-0.05, 0) is 71.5 Å². The molecule has 1 aliphatic carbocycles. The van der Waals surface area contributed by atoms with E-state index in [9.17, 15) is 19.8 Å². The molecule has 9 rings (SSSR count). The number of allylic oxidation sites excluding steroid dienone is 2. The van der Waals surface area contributed by atoms with Gasteiger partial charge in [-0.1, -0.05) is 35.6 Å². The predicted molar refractivity (Wildman–Crippen MR) is 206 cm³/mol. The van der Waals surface area contributed by atoms with Crippen LogP contribution in [0, 0.1) is 5.92 Å². The molecule has 1 saturated carbocycles. The molecule has 4 fully saturated rings. The van der Waals surface area contributed by atoms with Crippen LogP contribution < -0.4 is 10.9 Å². The highest BCUT2D eigenvalue weighted by atomic mass is 32.1. The van der Waals surface area contributed by atoms with Crippen molar-refractivity contribution < 1.29 is 24.5 Å². The zero-order valence-corrected chi connectivity index (χ0v) is 30.8.